The zero-order valence-electron chi connectivity index (χ0n) is 7.50. The van der Waals surface area contributed by atoms with Crippen molar-refractivity contribution in [1.82, 2.24) is 5.32 Å². The minimum Gasteiger partial charge on any atom is -0.465 e. The fourth-order valence-electron chi connectivity index (χ4n) is 1.07. The van der Waals surface area contributed by atoms with Gasteiger partial charge in [-0.05, 0) is 26.0 Å². The zero-order chi connectivity index (χ0) is 8.97. The molecule has 1 heterocycles. The van der Waals surface area contributed by atoms with Gasteiger partial charge in [-0.2, -0.15) is 0 Å². The Morgan fingerprint density at radius 3 is 2.83 bits per heavy atom. The van der Waals surface area contributed by atoms with Crippen LogP contribution in [0.2, 0.25) is 0 Å². The van der Waals surface area contributed by atoms with Gasteiger partial charge in [-0.15, -0.1) is 0 Å². The lowest BCUT2D eigenvalue weighted by atomic mass is 10.2. The smallest absolute Gasteiger partial charge is 0.120 e. The van der Waals surface area contributed by atoms with E-state index in [1.165, 1.54) is 0 Å². The highest BCUT2D eigenvalue weighted by Gasteiger charge is 2.07. The lowest BCUT2D eigenvalue weighted by Crippen LogP contribution is -2.21. The van der Waals surface area contributed by atoms with Crippen molar-refractivity contribution in [2.24, 2.45) is 0 Å². The van der Waals surface area contributed by atoms with Gasteiger partial charge in [-0.25, -0.2) is 0 Å². The number of aliphatic hydroxyl groups is 1. The number of hydrogen-bond acceptors (Lipinski definition) is 3. The maximum absolute atomic E-state index is 8.57. The molecule has 0 spiro atoms. The maximum atomic E-state index is 8.57. The number of hydrogen-bond donors (Lipinski definition) is 2. The lowest BCUT2D eigenvalue weighted by Gasteiger charge is -2.08. The molecule has 1 aromatic heterocycles. The highest BCUT2D eigenvalue weighted by molar-refractivity contribution is 5.08. The second-order valence-corrected chi connectivity index (χ2v) is 2.85. The van der Waals surface area contributed by atoms with Crippen LogP contribution in [0.1, 0.15) is 24.5 Å². The third-order valence-electron chi connectivity index (χ3n) is 1.75. The van der Waals surface area contributed by atoms with Crippen LogP contribution in [0.4, 0.5) is 0 Å². The standard InChI is InChI=1S/C9H15NO2/c1-7-3-4-9(12-7)8(2)10-5-6-11/h3-4,8,10-11H,5-6H2,1-2H3/t8-/m0/s1. The predicted molar refractivity (Wildman–Crippen MR) is 46.9 cm³/mol. The highest BCUT2D eigenvalue weighted by Crippen LogP contribution is 2.14. The van der Waals surface area contributed by atoms with Gasteiger partial charge in [0.05, 0.1) is 12.6 Å². The van der Waals surface area contributed by atoms with E-state index >= 15 is 0 Å². The summed E-state index contributed by atoms with van der Waals surface area (Å²) in [6, 6.07) is 4.06. The van der Waals surface area contributed by atoms with E-state index in [2.05, 4.69) is 5.32 Å². The first-order valence-electron chi connectivity index (χ1n) is 4.14. The average molecular weight is 169 g/mol. The molecular formula is C9H15NO2. The molecule has 1 aromatic rings. The quantitative estimate of drug-likeness (QED) is 0.712. The van der Waals surface area contributed by atoms with Crippen molar-refractivity contribution in [3.63, 3.8) is 0 Å². The van der Waals surface area contributed by atoms with Crippen LogP contribution in [-0.4, -0.2) is 18.3 Å². The van der Waals surface area contributed by atoms with Gasteiger partial charge < -0.3 is 14.8 Å². The molecule has 3 heteroatoms. The Labute approximate surface area is 72.4 Å². The minimum atomic E-state index is 0.157. The molecule has 0 bridgehead atoms. The molecule has 0 aliphatic carbocycles. The summed E-state index contributed by atoms with van der Waals surface area (Å²) in [4.78, 5) is 0. The number of furan rings is 1. The zero-order valence-corrected chi connectivity index (χ0v) is 7.50. The second-order valence-electron chi connectivity index (χ2n) is 2.85. The fraction of sp³-hybridized carbons (Fsp3) is 0.556. The summed E-state index contributed by atoms with van der Waals surface area (Å²) >= 11 is 0. The Kier molecular flexibility index (Phi) is 3.31. The highest BCUT2D eigenvalue weighted by atomic mass is 16.3. The predicted octanol–water partition coefficient (Wildman–Crippen LogP) is 1.23. The topological polar surface area (TPSA) is 45.4 Å². The van der Waals surface area contributed by atoms with Crippen LogP contribution in [0.15, 0.2) is 16.5 Å². The van der Waals surface area contributed by atoms with E-state index in [1.54, 1.807) is 0 Å². The molecule has 0 aliphatic rings. The first kappa shape index (κ1) is 9.29. The number of rotatable bonds is 4. The first-order valence-corrected chi connectivity index (χ1v) is 4.14. The summed E-state index contributed by atoms with van der Waals surface area (Å²) < 4.78 is 5.40. The molecular weight excluding hydrogens is 154 g/mol. The van der Waals surface area contributed by atoms with Crippen molar-refractivity contribution in [2.75, 3.05) is 13.2 Å². The first-order chi connectivity index (χ1) is 5.74. The number of aliphatic hydroxyl groups excluding tert-OH is 1. The molecule has 1 atom stereocenters. The van der Waals surface area contributed by atoms with E-state index in [1.807, 2.05) is 26.0 Å². The Hall–Kier alpha value is -0.800. The van der Waals surface area contributed by atoms with E-state index < -0.39 is 0 Å². The lowest BCUT2D eigenvalue weighted by molar-refractivity contribution is 0.281. The molecule has 0 saturated carbocycles. The molecule has 0 amide bonds. The number of aryl methyl sites for hydroxylation is 1. The number of nitrogens with one attached hydrogen (secondary N) is 1. The molecule has 1 rings (SSSR count). The summed E-state index contributed by atoms with van der Waals surface area (Å²) in [7, 11) is 0. The van der Waals surface area contributed by atoms with Crippen LogP contribution in [-0.2, 0) is 0 Å². The van der Waals surface area contributed by atoms with E-state index in [0.29, 0.717) is 6.54 Å². The van der Waals surface area contributed by atoms with Crippen LogP contribution in [0.25, 0.3) is 0 Å². The van der Waals surface area contributed by atoms with Gasteiger partial charge in [0.2, 0.25) is 0 Å². The van der Waals surface area contributed by atoms with Gasteiger partial charge >= 0.3 is 0 Å². The van der Waals surface area contributed by atoms with Crippen LogP contribution in [0.5, 0.6) is 0 Å². The third-order valence-corrected chi connectivity index (χ3v) is 1.75. The summed E-state index contributed by atoms with van der Waals surface area (Å²) in [5.74, 6) is 1.84. The van der Waals surface area contributed by atoms with Crippen LogP contribution in [0, 0.1) is 6.92 Å². The normalized spacial score (nSPS) is 13.2. The van der Waals surface area contributed by atoms with Crippen LogP contribution in [0.3, 0.4) is 0 Å². The summed E-state index contributed by atoms with van der Waals surface area (Å²) in [6.07, 6.45) is 0. The molecule has 0 aromatic carbocycles. The summed E-state index contributed by atoms with van der Waals surface area (Å²) in [5.41, 5.74) is 0. The van der Waals surface area contributed by atoms with Crippen molar-refractivity contribution in [3.05, 3.63) is 23.7 Å². The molecule has 12 heavy (non-hydrogen) atoms. The van der Waals surface area contributed by atoms with Crippen molar-refractivity contribution >= 4 is 0 Å². The van der Waals surface area contributed by atoms with E-state index in [-0.39, 0.29) is 12.6 Å². The SMILES string of the molecule is Cc1ccc([C@H](C)NCCO)o1. The van der Waals surface area contributed by atoms with Gasteiger partial charge in [0.1, 0.15) is 11.5 Å². The molecule has 68 valence electrons. The molecule has 0 fully saturated rings. The van der Waals surface area contributed by atoms with Gasteiger partial charge in [0.25, 0.3) is 0 Å². The monoisotopic (exact) mass is 169 g/mol. The van der Waals surface area contributed by atoms with Crippen LogP contribution < -0.4 is 5.32 Å². The van der Waals surface area contributed by atoms with E-state index in [9.17, 15) is 0 Å². The average Bonchev–Trinajstić information content (AvgIpc) is 2.47. The Morgan fingerprint density at radius 2 is 2.33 bits per heavy atom. The van der Waals surface area contributed by atoms with Crippen molar-refractivity contribution in [1.29, 1.82) is 0 Å². The molecule has 0 radical (unpaired) electrons. The van der Waals surface area contributed by atoms with Crippen LogP contribution >= 0.6 is 0 Å². The van der Waals surface area contributed by atoms with Gasteiger partial charge in [0.15, 0.2) is 0 Å². The molecule has 0 aliphatic heterocycles. The van der Waals surface area contributed by atoms with Gasteiger partial charge in [0, 0.05) is 6.54 Å². The summed E-state index contributed by atoms with van der Waals surface area (Å²) in [5, 5.41) is 11.7. The molecule has 0 unspecified atom stereocenters. The molecule has 3 nitrogen and oxygen atoms in total. The van der Waals surface area contributed by atoms with Crippen molar-refractivity contribution in [2.45, 2.75) is 19.9 Å². The van der Waals surface area contributed by atoms with E-state index in [0.717, 1.165) is 11.5 Å². The van der Waals surface area contributed by atoms with Gasteiger partial charge in [-0.3, -0.25) is 0 Å². The summed E-state index contributed by atoms with van der Waals surface area (Å²) in [6.45, 7) is 4.68. The maximum Gasteiger partial charge on any atom is 0.120 e. The van der Waals surface area contributed by atoms with Crippen molar-refractivity contribution in [3.8, 4) is 0 Å². The molecule has 0 saturated heterocycles. The fourth-order valence-corrected chi connectivity index (χ4v) is 1.07. The third kappa shape index (κ3) is 2.36. The Bertz CT molecular complexity index is 232. The van der Waals surface area contributed by atoms with E-state index in [4.69, 9.17) is 9.52 Å². The largest absolute Gasteiger partial charge is 0.465 e. The van der Waals surface area contributed by atoms with Crippen molar-refractivity contribution < 1.29 is 9.52 Å². The van der Waals surface area contributed by atoms with Gasteiger partial charge in [-0.1, -0.05) is 0 Å². The second kappa shape index (κ2) is 4.28. The Morgan fingerprint density at radius 1 is 1.58 bits per heavy atom. The Balaban J connectivity index is 2.47. The molecule has 2 N–H and O–H groups in total. The minimum absolute atomic E-state index is 0.157.